The molecule has 7 heteroatoms. The number of halogens is 1. The average molecular weight is 345 g/mol. The van der Waals surface area contributed by atoms with Gasteiger partial charge in [-0.3, -0.25) is 4.79 Å². The maximum absolute atomic E-state index is 12.0. The van der Waals surface area contributed by atoms with Crippen LogP contribution in [0.5, 0.6) is 5.75 Å². The molecule has 0 spiro atoms. The third-order valence-electron chi connectivity index (χ3n) is 2.63. The van der Waals surface area contributed by atoms with E-state index in [1.54, 1.807) is 19.2 Å². The van der Waals surface area contributed by atoms with Gasteiger partial charge in [-0.15, -0.1) is 0 Å². The van der Waals surface area contributed by atoms with E-state index in [0.29, 0.717) is 24.4 Å². The second-order valence-electron chi connectivity index (χ2n) is 4.19. The highest BCUT2D eigenvalue weighted by Crippen LogP contribution is 2.28. The number of hydrogen-bond acceptors (Lipinski definition) is 3. The quantitative estimate of drug-likeness (QED) is 0.831. The Morgan fingerprint density at radius 2 is 2.15 bits per heavy atom. The Morgan fingerprint density at radius 3 is 2.75 bits per heavy atom. The SMILES string of the molecule is COc1ccc(Br)cc1NC(=O)N(C)CCCC(=O)O. The van der Waals surface area contributed by atoms with E-state index < -0.39 is 5.97 Å². The summed E-state index contributed by atoms with van der Waals surface area (Å²) in [4.78, 5) is 23.8. The molecular formula is C13H17BrN2O4. The maximum atomic E-state index is 12.0. The van der Waals surface area contributed by atoms with Crippen LogP contribution in [0.1, 0.15) is 12.8 Å². The van der Waals surface area contributed by atoms with Crippen molar-refractivity contribution in [3.63, 3.8) is 0 Å². The summed E-state index contributed by atoms with van der Waals surface area (Å²) in [7, 11) is 3.14. The largest absolute Gasteiger partial charge is 0.495 e. The number of hydrogen-bond donors (Lipinski definition) is 2. The Balaban J connectivity index is 2.61. The van der Waals surface area contributed by atoms with E-state index in [1.807, 2.05) is 6.07 Å². The van der Waals surface area contributed by atoms with Gasteiger partial charge < -0.3 is 20.1 Å². The van der Waals surface area contributed by atoms with Gasteiger partial charge >= 0.3 is 12.0 Å². The molecule has 0 heterocycles. The number of anilines is 1. The summed E-state index contributed by atoms with van der Waals surface area (Å²) in [6.45, 7) is 0.369. The van der Waals surface area contributed by atoms with Crippen LogP contribution in [-0.4, -0.2) is 42.7 Å². The number of carboxylic acids is 1. The van der Waals surface area contributed by atoms with E-state index in [2.05, 4.69) is 21.2 Å². The summed E-state index contributed by atoms with van der Waals surface area (Å²) in [6.07, 6.45) is 0.451. The summed E-state index contributed by atoms with van der Waals surface area (Å²) < 4.78 is 5.98. The van der Waals surface area contributed by atoms with Gasteiger partial charge in [-0.2, -0.15) is 0 Å². The van der Waals surface area contributed by atoms with E-state index in [1.165, 1.54) is 12.0 Å². The molecule has 2 amide bonds. The van der Waals surface area contributed by atoms with Gasteiger partial charge in [0.1, 0.15) is 5.75 Å². The van der Waals surface area contributed by atoms with Crippen molar-refractivity contribution < 1.29 is 19.4 Å². The van der Waals surface area contributed by atoms with Crippen LogP contribution in [0.3, 0.4) is 0 Å². The number of carbonyl (C=O) groups excluding carboxylic acids is 1. The van der Waals surface area contributed by atoms with Crippen molar-refractivity contribution in [2.24, 2.45) is 0 Å². The van der Waals surface area contributed by atoms with E-state index in [4.69, 9.17) is 9.84 Å². The number of nitrogens with one attached hydrogen (secondary N) is 1. The Bertz CT molecular complexity index is 493. The fraction of sp³-hybridized carbons (Fsp3) is 0.385. The fourth-order valence-electron chi connectivity index (χ4n) is 1.56. The third kappa shape index (κ3) is 5.08. The van der Waals surface area contributed by atoms with Crippen LogP contribution in [-0.2, 0) is 4.79 Å². The van der Waals surface area contributed by atoms with Gasteiger partial charge in [0.2, 0.25) is 0 Å². The lowest BCUT2D eigenvalue weighted by atomic mass is 10.3. The lowest BCUT2D eigenvalue weighted by molar-refractivity contribution is -0.137. The van der Waals surface area contributed by atoms with Crippen LogP contribution in [0.25, 0.3) is 0 Å². The van der Waals surface area contributed by atoms with E-state index >= 15 is 0 Å². The Labute approximate surface area is 125 Å². The summed E-state index contributed by atoms with van der Waals surface area (Å²) in [5.41, 5.74) is 0.553. The summed E-state index contributed by atoms with van der Waals surface area (Å²) in [5.74, 6) is -0.312. The van der Waals surface area contributed by atoms with Crippen molar-refractivity contribution in [3.8, 4) is 5.75 Å². The van der Waals surface area contributed by atoms with Crippen molar-refractivity contribution in [1.29, 1.82) is 0 Å². The van der Waals surface area contributed by atoms with Crippen LogP contribution in [0.4, 0.5) is 10.5 Å². The molecule has 110 valence electrons. The van der Waals surface area contributed by atoms with E-state index in [-0.39, 0.29) is 12.5 Å². The second kappa shape index (κ2) is 7.74. The van der Waals surface area contributed by atoms with Crippen LogP contribution in [0.2, 0.25) is 0 Å². The van der Waals surface area contributed by atoms with Gasteiger partial charge in [-0.25, -0.2) is 4.79 Å². The number of rotatable bonds is 6. The highest BCUT2D eigenvalue weighted by atomic mass is 79.9. The molecule has 0 saturated carbocycles. The van der Waals surface area contributed by atoms with Crippen LogP contribution >= 0.6 is 15.9 Å². The number of ether oxygens (including phenoxy) is 1. The van der Waals surface area contributed by atoms with Gasteiger partial charge in [0.15, 0.2) is 0 Å². The monoisotopic (exact) mass is 344 g/mol. The van der Waals surface area contributed by atoms with Crippen molar-refractivity contribution in [3.05, 3.63) is 22.7 Å². The van der Waals surface area contributed by atoms with Gasteiger partial charge in [-0.1, -0.05) is 15.9 Å². The molecule has 0 unspecified atom stereocenters. The number of carbonyl (C=O) groups is 2. The molecule has 0 aromatic heterocycles. The number of aliphatic carboxylic acids is 1. The zero-order valence-electron chi connectivity index (χ0n) is 11.4. The maximum Gasteiger partial charge on any atom is 0.321 e. The summed E-state index contributed by atoms with van der Waals surface area (Å²) >= 11 is 3.32. The Kier molecular flexibility index (Phi) is 6.30. The Hall–Kier alpha value is -1.76. The normalized spacial score (nSPS) is 9.95. The molecule has 0 saturated heterocycles. The molecule has 0 fully saturated rings. The van der Waals surface area contributed by atoms with Crippen LogP contribution < -0.4 is 10.1 Å². The Morgan fingerprint density at radius 1 is 1.45 bits per heavy atom. The van der Waals surface area contributed by atoms with Crippen molar-refractivity contribution in [2.75, 3.05) is 26.0 Å². The van der Waals surface area contributed by atoms with Gasteiger partial charge in [0, 0.05) is 24.5 Å². The third-order valence-corrected chi connectivity index (χ3v) is 3.13. The number of methoxy groups -OCH3 is 1. The molecule has 2 N–H and O–H groups in total. The highest BCUT2D eigenvalue weighted by Gasteiger charge is 2.12. The lowest BCUT2D eigenvalue weighted by Crippen LogP contribution is -2.32. The number of carboxylic acid groups (broad SMARTS) is 1. The molecule has 1 rings (SSSR count). The number of urea groups is 1. The fourth-order valence-corrected chi connectivity index (χ4v) is 1.92. The predicted octanol–water partition coefficient (Wildman–Crippen LogP) is 2.79. The number of benzene rings is 1. The first kappa shape index (κ1) is 16.3. The molecule has 1 aromatic rings. The van der Waals surface area contributed by atoms with Crippen molar-refractivity contribution in [1.82, 2.24) is 4.90 Å². The topological polar surface area (TPSA) is 78.9 Å². The van der Waals surface area contributed by atoms with Gasteiger partial charge in [0.05, 0.1) is 12.8 Å². The first-order chi connectivity index (χ1) is 9.43. The molecular weight excluding hydrogens is 328 g/mol. The zero-order valence-corrected chi connectivity index (χ0v) is 12.9. The number of amides is 2. The summed E-state index contributed by atoms with van der Waals surface area (Å²) in [5, 5.41) is 11.3. The predicted molar refractivity (Wildman–Crippen MR) is 79.2 cm³/mol. The minimum absolute atomic E-state index is 0.0395. The average Bonchev–Trinajstić information content (AvgIpc) is 2.38. The zero-order chi connectivity index (χ0) is 15.1. The molecule has 6 nitrogen and oxygen atoms in total. The molecule has 1 aromatic carbocycles. The van der Waals surface area contributed by atoms with Crippen molar-refractivity contribution in [2.45, 2.75) is 12.8 Å². The van der Waals surface area contributed by atoms with Crippen LogP contribution in [0.15, 0.2) is 22.7 Å². The molecule has 0 aliphatic heterocycles. The first-order valence-electron chi connectivity index (χ1n) is 6.01. The van der Waals surface area contributed by atoms with E-state index in [9.17, 15) is 9.59 Å². The van der Waals surface area contributed by atoms with Crippen molar-refractivity contribution >= 4 is 33.6 Å². The van der Waals surface area contributed by atoms with E-state index in [0.717, 1.165) is 4.47 Å². The summed E-state index contributed by atoms with van der Waals surface area (Å²) in [6, 6.07) is 4.98. The molecule has 0 aliphatic carbocycles. The van der Waals surface area contributed by atoms with Gasteiger partial charge in [0.25, 0.3) is 0 Å². The van der Waals surface area contributed by atoms with Crippen LogP contribution in [0, 0.1) is 0 Å². The smallest absolute Gasteiger partial charge is 0.321 e. The first-order valence-corrected chi connectivity index (χ1v) is 6.80. The molecule has 0 bridgehead atoms. The second-order valence-corrected chi connectivity index (χ2v) is 5.11. The lowest BCUT2D eigenvalue weighted by Gasteiger charge is -2.18. The van der Waals surface area contributed by atoms with Gasteiger partial charge in [-0.05, 0) is 24.6 Å². The molecule has 0 aliphatic rings. The standard InChI is InChI=1S/C13H17BrN2O4/c1-16(7-3-4-12(17)18)13(19)15-10-8-9(14)5-6-11(10)20-2/h5-6,8H,3-4,7H2,1-2H3,(H,15,19)(H,17,18). The molecule has 20 heavy (non-hydrogen) atoms. The minimum Gasteiger partial charge on any atom is -0.495 e. The minimum atomic E-state index is -0.868. The molecule has 0 atom stereocenters. The highest BCUT2D eigenvalue weighted by molar-refractivity contribution is 9.10. The molecule has 0 radical (unpaired) electrons. The number of nitrogens with zero attached hydrogens (tertiary/aromatic N) is 1.